The van der Waals surface area contributed by atoms with Gasteiger partial charge in [-0.2, -0.15) is 4.37 Å². The van der Waals surface area contributed by atoms with E-state index in [1.807, 2.05) is 24.3 Å². The Hall–Kier alpha value is -1.80. The summed E-state index contributed by atoms with van der Waals surface area (Å²) in [6.45, 7) is 6.96. The molecule has 0 radical (unpaired) electrons. The molecule has 0 saturated carbocycles. The molecule has 8 heteroatoms. The number of nitrogens with zero attached hydrogens (tertiary/aromatic N) is 4. The highest BCUT2D eigenvalue weighted by atomic mass is 32.2. The zero-order valence-electron chi connectivity index (χ0n) is 17.9. The normalized spacial score (nSPS) is 21.6. The van der Waals surface area contributed by atoms with Crippen LogP contribution in [0.3, 0.4) is 0 Å². The highest BCUT2D eigenvalue weighted by Gasteiger charge is 2.37. The van der Waals surface area contributed by atoms with Gasteiger partial charge >= 0.3 is 0 Å². The predicted octanol–water partition coefficient (Wildman–Crippen LogP) is 3.46. The standard InChI is InChI=1S/C22H30N4O2S2/c1-15(2)20-23-22(29-24-20)25-11-9-18(10-12-25)26-13-8-17(21(26)27)14-16-4-6-19(7-5-16)30(3)28/h4-7,15,17-18H,8-14H2,1-3H3. The SMILES string of the molecule is CC(C)c1nsc(N2CCC(N3CCC(Cc4ccc(S(C)=O)cc4)C3=O)CC2)n1. The molecule has 2 aromatic rings. The number of aromatic nitrogens is 2. The van der Waals surface area contributed by atoms with Gasteiger partial charge in [-0.3, -0.25) is 9.00 Å². The van der Waals surface area contributed by atoms with E-state index in [0.717, 1.165) is 66.7 Å². The number of carbonyl (C=O) groups is 1. The van der Waals surface area contributed by atoms with Crippen molar-refractivity contribution < 1.29 is 9.00 Å². The maximum absolute atomic E-state index is 13.1. The van der Waals surface area contributed by atoms with Crippen LogP contribution in [-0.2, 0) is 22.0 Å². The average Bonchev–Trinajstić information content (AvgIpc) is 3.37. The lowest BCUT2D eigenvalue weighted by molar-refractivity contribution is -0.133. The van der Waals surface area contributed by atoms with E-state index < -0.39 is 10.8 Å². The molecule has 2 unspecified atom stereocenters. The molecule has 0 aliphatic carbocycles. The number of anilines is 1. The van der Waals surface area contributed by atoms with E-state index in [4.69, 9.17) is 0 Å². The van der Waals surface area contributed by atoms with Crippen LogP contribution in [0.2, 0.25) is 0 Å². The average molecular weight is 447 g/mol. The molecule has 162 valence electrons. The minimum atomic E-state index is -0.962. The van der Waals surface area contributed by atoms with Crippen LogP contribution in [0.5, 0.6) is 0 Å². The van der Waals surface area contributed by atoms with E-state index in [9.17, 15) is 9.00 Å². The topological polar surface area (TPSA) is 66.4 Å². The Balaban J connectivity index is 1.31. The van der Waals surface area contributed by atoms with Crippen LogP contribution in [0.1, 0.15) is 50.4 Å². The molecular weight excluding hydrogens is 416 g/mol. The third-order valence-electron chi connectivity index (χ3n) is 6.21. The van der Waals surface area contributed by atoms with Crippen LogP contribution in [0.15, 0.2) is 29.2 Å². The smallest absolute Gasteiger partial charge is 0.226 e. The van der Waals surface area contributed by atoms with E-state index in [2.05, 4.69) is 33.0 Å². The summed E-state index contributed by atoms with van der Waals surface area (Å²) in [4.78, 5) is 23.0. The van der Waals surface area contributed by atoms with Gasteiger partial charge < -0.3 is 9.80 Å². The predicted molar refractivity (Wildman–Crippen MR) is 122 cm³/mol. The fourth-order valence-corrected chi connectivity index (χ4v) is 5.75. The second-order valence-corrected chi connectivity index (χ2v) is 10.7. The van der Waals surface area contributed by atoms with Gasteiger partial charge in [-0.25, -0.2) is 4.98 Å². The Kier molecular flexibility index (Phi) is 6.53. The van der Waals surface area contributed by atoms with Gasteiger partial charge in [-0.15, -0.1) is 0 Å². The first-order valence-corrected chi connectivity index (χ1v) is 13.1. The number of benzene rings is 1. The second-order valence-electron chi connectivity index (χ2n) is 8.63. The summed E-state index contributed by atoms with van der Waals surface area (Å²) in [5, 5.41) is 1.01. The minimum absolute atomic E-state index is 0.0674. The molecule has 1 amide bonds. The van der Waals surface area contributed by atoms with Gasteiger partial charge in [0.2, 0.25) is 11.0 Å². The summed E-state index contributed by atoms with van der Waals surface area (Å²) in [5.74, 6) is 1.65. The van der Waals surface area contributed by atoms with Gasteiger partial charge in [0, 0.05) is 71.0 Å². The Morgan fingerprint density at radius 2 is 1.83 bits per heavy atom. The van der Waals surface area contributed by atoms with Crippen molar-refractivity contribution in [1.29, 1.82) is 0 Å². The lowest BCUT2D eigenvalue weighted by Crippen LogP contribution is -2.46. The lowest BCUT2D eigenvalue weighted by Gasteiger charge is -2.36. The van der Waals surface area contributed by atoms with Crippen LogP contribution in [0, 0.1) is 5.92 Å². The molecule has 1 aromatic carbocycles. The first kappa shape index (κ1) is 21.4. The fourth-order valence-electron chi connectivity index (χ4n) is 4.37. The monoisotopic (exact) mass is 446 g/mol. The summed E-state index contributed by atoms with van der Waals surface area (Å²) in [5.41, 5.74) is 1.15. The number of piperidine rings is 1. The largest absolute Gasteiger partial charge is 0.347 e. The molecule has 0 spiro atoms. The van der Waals surface area contributed by atoms with Crippen LogP contribution in [-0.4, -0.2) is 56.3 Å². The molecule has 4 rings (SSSR count). The molecule has 2 atom stereocenters. The van der Waals surface area contributed by atoms with Crippen molar-refractivity contribution in [2.24, 2.45) is 5.92 Å². The Morgan fingerprint density at radius 3 is 2.43 bits per heavy atom. The van der Waals surface area contributed by atoms with Gasteiger partial charge in [0.25, 0.3) is 0 Å². The van der Waals surface area contributed by atoms with E-state index in [1.54, 1.807) is 6.26 Å². The quantitative estimate of drug-likeness (QED) is 0.680. The molecule has 2 aliphatic heterocycles. The van der Waals surface area contributed by atoms with Crippen molar-refractivity contribution in [2.75, 3.05) is 30.8 Å². The van der Waals surface area contributed by atoms with Crippen molar-refractivity contribution in [3.05, 3.63) is 35.7 Å². The zero-order valence-corrected chi connectivity index (χ0v) is 19.5. The number of amides is 1. The Morgan fingerprint density at radius 1 is 1.13 bits per heavy atom. The van der Waals surface area contributed by atoms with Crippen molar-refractivity contribution in [3.63, 3.8) is 0 Å². The first-order valence-electron chi connectivity index (χ1n) is 10.7. The Labute approximate surface area is 185 Å². The molecular formula is C22H30N4O2S2. The highest BCUT2D eigenvalue weighted by Crippen LogP contribution is 2.30. The molecule has 2 aliphatic rings. The highest BCUT2D eigenvalue weighted by molar-refractivity contribution is 7.84. The van der Waals surface area contributed by atoms with Gasteiger partial charge in [-0.05, 0) is 43.4 Å². The number of rotatable bonds is 6. The van der Waals surface area contributed by atoms with Crippen LogP contribution >= 0.6 is 11.5 Å². The first-order chi connectivity index (χ1) is 14.4. The van der Waals surface area contributed by atoms with E-state index in [1.165, 1.54) is 11.5 Å². The summed E-state index contributed by atoms with van der Waals surface area (Å²) in [6, 6.07) is 8.19. The van der Waals surface area contributed by atoms with Crippen molar-refractivity contribution in [3.8, 4) is 0 Å². The Bertz CT molecular complexity index is 904. The lowest BCUT2D eigenvalue weighted by atomic mass is 9.98. The van der Waals surface area contributed by atoms with Crippen molar-refractivity contribution in [2.45, 2.75) is 56.4 Å². The molecule has 0 bridgehead atoms. The maximum atomic E-state index is 13.1. The molecule has 1 aromatic heterocycles. The molecule has 2 fully saturated rings. The van der Waals surface area contributed by atoms with Crippen molar-refractivity contribution in [1.82, 2.24) is 14.3 Å². The van der Waals surface area contributed by atoms with Gasteiger partial charge in [0.1, 0.15) is 5.82 Å². The van der Waals surface area contributed by atoms with Crippen LogP contribution in [0.4, 0.5) is 5.13 Å². The van der Waals surface area contributed by atoms with Crippen molar-refractivity contribution >= 4 is 33.4 Å². The van der Waals surface area contributed by atoms with Gasteiger partial charge in [-0.1, -0.05) is 26.0 Å². The zero-order chi connectivity index (χ0) is 21.3. The molecule has 3 heterocycles. The van der Waals surface area contributed by atoms with E-state index in [-0.39, 0.29) is 5.92 Å². The minimum Gasteiger partial charge on any atom is -0.347 e. The molecule has 2 saturated heterocycles. The second kappa shape index (κ2) is 9.14. The van der Waals surface area contributed by atoms with Gasteiger partial charge in [0.15, 0.2) is 0 Å². The summed E-state index contributed by atoms with van der Waals surface area (Å²) >= 11 is 1.49. The fraction of sp³-hybridized carbons (Fsp3) is 0.591. The number of likely N-dealkylation sites (tertiary alicyclic amines) is 1. The number of hydrogen-bond donors (Lipinski definition) is 0. The molecule has 30 heavy (non-hydrogen) atoms. The van der Waals surface area contributed by atoms with E-state index in [0.29, 0.717) is 17.9 Å². The third kappa shape index (κ3) is 4.59. The number of hydrogen-bond acceptors (Lipinski definition) is 6. The maximum Gasteiger partial charge on any atom is 0.226 e. The third-order valence-corrected chi connectivity index (χ3v) is 7.94. The summed E-state index contributed by atoms with van der Waals surface area (Å²) in [6.07, 6.45) is 5.37. The number of carbonyl (C=O) groups excluding carboxylic acids is 1. The van der Waals surface area contributed by atoms with E-state index >= 15 is 0 Å². The molecule has 6 nitrogen and oxygen atoms in total. The summed E-state index contributed by atoms with van der Waals surface area (Å²) < 4.78 is 16.0. The molecule has 0 N–H and O–H groups in total. The van der Waals surface area contributed by atoms with Crippen LogP contribution < -0.4 is 4.90 Å². The van der Waals surface area contributed by atoms with Gasteiger partial charge in [0.05, 0.1) is 0 Å². The van der Waals surface area contributed by atoms with Crippen LogP contribution in [0.25, 0.3) is 0 Å². The summed E-state index contributed by atoms with van der Waals surface area (Å²) in [7, 11) is -0.962.